The number of morpholine rings is 1. The minimum Gasteiger partial charge on any atom is -0.494 e. The Hall–Kier alpha value is -4.67. The largest absolute Gasteiger partial charge is 0.494 e. The van der Waals surface area contributed by atoms with Crippen LogP contribution in [0, 0.1) is 0 Å². The third-order valence-electron chi connectivity index (χ3n) is 7.76. The van der Waals surface area contributed by atoms with Crippen LogP contribution in [0.1, 0.15) is 35.6 Å². The van der Waals surface area contributed by atoms with Gasteiger partial charge in [-0.15, -0.1) is 0 Å². The Labute approximate surface area is 262 Å². The summed E-state index contributed by atoms with van der Waals surface area (Å²) >= 11 is 0. The zero-order valence-corrected chi connectivity index (χ0v) is 25.1. The predicted molar refractivity (Wildman–Crippen MR) is 172 cm³/mol. The third-order valence-corrected chi connectivity index (χ3v) is 7.76. The highest BCUT2D eigenvalue weighted by Crippen LogP contribution is 2.45. The fourth-order valence-corrected chi connectivity index (χ4v) is 5.38. The molecule has 0 saturated carbocycles. The van der Waals surface area contributed by atoms with Crippen molar-refractivity contribution >= 4 is 23.6 Å². The van der Waals surface area contributed by atoms with Gasteiger partial charge in [-0.1, -0.05) is 71.9 Å². The summed E-state index contributed by atoms with van der Waals surface area (Å²) in [5.74, 6) is 0.663. The van der Waals surface area contributed by atoms with Crippen LogP contribution < -0.4 is 10.1 Å². The molecule has 2 aliphatic rings. The molecule has 0 radical (unpaired) electrons. The molecule has 2 aliphatic heterocycles. The van der Waals surface area contributed by atoms with Gasteiger partial charge in [0.25, 0.3) is 5.91 Å². The van der Waals surface area contributed by atoms with E-state index in [1.54, 1.807) is 24.3 Å². The van der Waals surface area contributed by atoms with E-state index in [-0.39, 0.29) is 18.9 Å². The van der Waals surface area contributed by atoms with Crippen LogP contribution in [0.2, 0.25) is 0 Å². The number of hydrogen-bond donors (Lipinski definition) is 2. The van der Waals surface area contributed by atoms with Gasteiger partial charge < -0.3 is 24.6 Å². The molecule has 3 aromatic rings. The molecule has 234 valence electrons. The van der Waals surface area contributed by atoms with Gasteiger partial charge in [-0.3, -0.25) is 9.69 Å². The Morgan fingerprint density at radius 1 is 1.11 bits per heavy atom. The zero-order valence-electron chi connectivity index (χ0n) is 25.1. The van der Waals surface area contributed by atoms with Gasteiger partial charge >= 0.3 is 0 Å². The van der Waals surface area contributed by atoms with Crippen LogP contribution >= 0.6 is 0 Å². The van der Waals surface area contributed by atoms with Gasteiger partial charge in [0, 0.05) is 67.4 Å². The van der Waals surface area contributed by atoms with Crippen LogP contribution in [-0.4, -0.2) is 80.0 Å². The van der Waals surface area contributed by atoms with E-state index in [4.69, 9.17) is 24.3 Å². The number of aliphatic hydroxyl groups is 1. The molecule has 1 saturated heterocycles. The van der Waals surface area contributed by atoms with Gasteiger partial charge in [0.05, 0.1) is 19.8 Å². The van der Waals surface area contributed by atoms with Crippen molar-refractivity contribution in [3.05, 3.63) is 112 Å². The lowest BCUT2D eigenvalue weighted by Gasteiger charge is -2.31. The first-order valence-electron chi connectivity index (χ1n) is 15.2. The van der Waals surface area contributed by atoms with Gasteiger partial charge in [-0.25, -0.2) is 4.99 Å². The molecule has 0 bridgehead atoms. The molecule has 11 heteroatoms. The monoisotopic (exact) mass is 610 g/mol. The lowest BCUT2D eigenvalue weighted by Crippen LogP contribution is -2.50. The fraction of sp³-hybridized carbons (Fsp3) is 0.353. The lowest BCUT2D eigenvalue weighted by molar-refractivity contribution is -0.128. The molecule has 1 amide bonds. The number of rotatable bonds is 14. The Morgan fingerprint density at radius 2 is 1.87 bits per heavy atom. The van der Waals surface area contributed by atoms with Gasteiger partial charge in [-0.2, -0.15) is 0 Å². The van der Waals surface area contributed by atoms with Gasteiger partial charge in [-0.05, 0) is 35.4 Å². The maximum absolute atomic E-state index is 14.4. The number of aliphatic imine (C=N–C) groups is 1. The summed E-state index contributed by atoms with van der Waals surface area (Å²) in [6.45, 7) is 4.53. The number of carbonyl (C=O) groups excluding carboxylic acids is 1. The number of carbonyl (C=O) groups is 1. The van der Waals surface area contributed by atoms with E-state index >= 15 is 0 Å². The predicted octanol–water partition coefficient (Wildman–Crippen LogP) is 5.20. The Morgan fingerprint density at radius 3 is 2.62 bits per heavy atom. The van der Waals surface area contributed by atoms with Crippen molar-refractivity contribution < 1.29 is 24.1 Å². The number of azide groups is 1. The summed E-state index contributed by atoms with van der Waals surface area (Å²) in [5, 5.41) is 16.1. The molecule has 0 aliphatic carbocycles. The van der Waals surface area contributed by atoms with Crippen LogP contribution in [0.3, 0.4) is 0 Å². The van der Waals surface area contributed by atoms with Gasteiger partial charge in [0.2, 0.25) is 5.90 Å². The fourth-order valence-electron chi connectivity index (χ4n) is 5.38. The van der Waals surface area contributed by atoms with E-state index in [1.807, 2.05) is 66.7 Å². The Kier molecular flexibility index (Phi) is 11.2. The highest BCUT2D eigenvalue weighted by Gasteiger charge is 2.53. The van der Waals surface area contributed by atoms with Crippen LogP contribution in [0.5, 0.6) is 5.75 Å². The Balaban J connectivity index is 1.51. The molecule has 0 aromatic heterocycles. The van der Waals surface area contributed by atoms with Crippen molar-refractivity contribution in [2.75, 3.05) is 52.6 Å². The molecule has 5 rings (SSSR count). The molecule has 1 fully saturated rings. The minimum atomic E-state index is -1.40. The first-order valence-corrected chi connectivity index (χ1v) is 15.2. The maximum Gasteiger partial charge on any atom is 0.252 e. The van der Waals surface area contributed by atoms with Crippen LogP contribution in [0.4, 0.5) is 5.69 Å². The van der Waals surface area contributed by atoms with Crippen molar-refractivity contribution in [1.82, 2.24) is 10.2 Å². The molecule has 3 aromatic carbocycles. The van der Waals surface area contributed by atoms with E-state index in [0.29, 0.717) is 67.8 Å². The molecule has 2 atom stereocenters. The standard InChI is InChI=1S/C34H38N6O5/c35-39-38-30-12-5-4-11-29(30)31-34(17-6-10-26-8-2-1-3-9-26,33(42)36-18-19-40-20-24-43-25-21-40)37-32(45-31)27-13-15-28(16-14-27)44-23-7-22-41/h1-6,8-16,31,41H,7,17-25H2,(H,36,42)/b10-6+/t31-,34-/m1/s1. The van der Waals surface area contributed by atoms with Gasteiger partial charge in [0.15, 0.2) is 11.6 Å². The van der Waals surface area contributed by atoms with Crippen LogP contribution in [0.25, 0.3) is 16.5 Å². The summed E-state index contributed by atoms with van der Waals surface area (Å²) in [6.07, 6.45) is 3.79. The second kappa shape index (κ2) is 15.9. The summed E-state index contributed by atoms with van der Waals surface area (Å²) in [7, 11) is 0. The Bertz CT molecular complexity index is 1520. The summed E-state index contributed by atoms with van der Waals surface area (Å²) < 4.78 is 17.7. The van der Waals surface area contributed by atoms with E-state index < -0.39 is 11.6 Å². The first-order chi connectivity index (χ1) is 22.1. The third kappa shape index (κ3) is 8.09. The average Bonchev–Trinajstić information content (AvgIpc) is 3.47. The number of nitrogens with one attached hydrogen (secondary N) is 1. The van der Waals surface area contributed by atoms with Crippen LogP contribution in [0.15, 0.2) is 95.0 Å². The zero-order chi connectivity index (χ0) is 31.3. The smallest absolute Gasteiger partial charge is 0.252 e. The van der Waals surface area contributed by atoms with Crippen molar-refractivity contribution in [3.63, 3.8) is 0 Å². The second-order valence-electron chi connectivity index (χ2n) is 10.8. The van der Waals surface area contributed by atoms with Crippen molar-refractivity contribution in [2.45, 2.75) is 24.5 Å². The summed E-state index contributed by atoms with van der Waals surface area (Å²) in [5.41, 5.74) is 10.5. The SMILES string of the molecule is [N-]=[N+]=Nc1ccccc1[C@H]1OC(c2ccc(OCCCO)cc2)=N[C@@]1(C/C=C/c1ccccc1)C(=O)NCCN1CCOCC1. The van der Waals surface area contributed by atoms with E-state index in [1.165, 1.54) is 0 Å². The molecule has 2 heterocycles. The topological polar surface area (TPSA) is 141 Å². The molecule has 0 unspecified atom stereocenters. The lowest BCUT2D eigenvalue weighted by atomic mass is 9.83. The number of ether oxygens (including phenoxy) is 3. The van der Waals surface area contributed by atoms with Crippen LogP contribution in [-0.2, 0) is 14.3 Å². The number of amides is 1. The van der Waals surface area contributed by atoms with E-state index in [2.05, 4.69) is 20.2 Å². The highest BCUT2D eigenvalue weighted by molar-refractivity contribution is 6.01. The molecule has 11 nitrogen and oxygen atoms in total. The number of hydrogen-bond acceptors (Lipinski definition) is 8. The minimum absolute atomic E-state index is 0.0523. The average molecular weight is 611 g/mol. The van der Waals surface area contributed by atoms with Gasteiger partial charge in [0.1, 0.15) is 5.75 Å². The normalized spacial score (nSPS) is 19.8. The second-order valence-corrected chi connectivity index (χ2v) is 10.8. The highest BCUT2D eigenvalue weighted by atomic mass is 16.5. The number of aliphatic hydroxyl groups excluding tert-OH is 1. The number of nitrogens with zero attached hydrogens (tertiary/aromatic N) is 5. The maximum atomic E-state index is 14.4. The molecular weight excluding hydrogens is 572 g/mol. The first kappa shape index (κ1) is 31.7. The summed E-state index contributed by atoms with van der Waals surface area (Å²) in [4.78, 5) is 24.7. The van der Waals surface area contributed by atoms with Crippen molar-refractivity contribution in [2.24, 2.45) is 10.1 Å². The molecule has 45 heavy (non-hydrogen) atoms. The van der Waals surface area contributed by atoms with Crippen molar-refractivity contribution in [1.29, 1.82) is 0 Å². The summed E-state index contributed by atoms with van der Waals surface area (Å²) in [6, 6.07) is 24.2. The quantitative estimate of drug-likeness (QED) is 0.111. The van der Waals surface area contributed by atoms with Crippen molar-refractivity contribution in [3.8, 4) is 5.75 Å². The molecular formula is C34H38N6O5. The molecule has 2 N–H and O–H groups in total. The van der Waals surface area contributed by atoms with E-state index in [9.17, 15) is 10.3 Å². The number of benzene rings is 3. The van der Waals surface area contributed by atoms with E-state index in [0.717, 1.165) is 18.7 Å². The molecule has 0 spiro atoms.